The molecule has 0 aromatic heterocycles. The Morgan fingerprint density at radius 3 is 2.43 bits per heavy atom. The molecule has 4 nitrogen and oxygen atoms in total. The highest BCUT2D eigenvalue weighted by Crippen LogP contribution is 2.46. The third kappa shape index (κ3) is 2.60. The molecule has 2 unspecified atom stereocenters. The van der Waals surface area contributed by atoms with Crippen molar-refractivity contribution in [2.75, 3.05) is 6.54 Å². The fourth-order valence-electron chi connectivity index (χ4n) is 3.55. The van der Waals surface area contributed by atoms with Gasteiger partial charge >= 0.3 is 0 Å². The van der Waals surface area contributed by atoms with Crippen molar-refractivity contribution in [1.82, 2.24) is 0 Å². The Kier molecular flexibility index (Phi) is 4.11. The van der Waals surface area contributed by atoms with Crippen LogP contribution in [-0.4, -0.2) is 28.0 Å². The second-order valence-corrected chi connectivity index (χ2v) is 5.94. The van der Waals surface area contributed by atoms with Gasteiger partial charge in [0.1, 0.15) is 0 Å². The van der Waals surface area contributed by atoms with Gasteiger partial charge in [0.25, 0.3) is 0 Å². The fraction of sp³-hybridized carbons (Fsp3) is 0.263. The summed E-state index contributed by atoms with van der Waals surface area (Å²) >= 11 is 0. The van der Waals surface area contributed by atoms with Gasteiger partial charge in [0.05, 0.1) is 6.10 Å². The van der Waals surface area contributed by atoms with Crippen molar-refractivity contribution in [2.45, 2.75) is 25.4 Å². The molecule has 0 saturated carbocycles. The minimum atomic E-state index is -0.636. The molecule has 0 heterocycles. The summed E-state index contributed by atoms with van der Waals surface area (Å²) in [6.07, 6.45) is -0.119. The lowest BCUT2D eigenvalue weighted by molar-refractivity contribution is 0.223. The predicted octanol–water partition coefficient (Wildman–Crippen LogP) is 2.53. The van der Waals surface area contributed by atoms with Crippen molar-refractivity contribution in [2.24, 2.45) is 5.73 Å². The van der Waals surface area contributed by atoms with Crippen LogP contribution in [0.4, 0.5) is 0 Å². The van der Waals surface area contributed by atoms with Crippen LogP contribution in [0.5, 0.6) is 11.5 Å². The molecule has 0 saturated heterocycles. The van der Waals surface area contributed by atoms with Crippen LogP contribution in [0.2, 0.25) is 0 Å². The zero-order valence-corrected chi connectivity index (χ0v) is 13.0. The van der Waals surface area contributed by atoms with Gasteiger partial charge in [-0.15, -0.1) is 0 Å². The van der Waals surface area contributed by atoms with Gasteiger partial charge in [0.2, 0.25) is 0 Å². The highest BCUT2D eigenvalue weighted by molar-refractivity contribution is 5.79. The zero-order chi connectivity index (χ0) is 16.6. The summed E-state index contributed by atoms with van der Waals surface area (Å²) in [5.41, 5.74) is 10.2. The number of fused-ring (bicyclic) bond motifs is 1. The molecule has 2 aromatic rings. The van der Waals surface area contributed by atoms with Crippen LogP contribution in [0.25, 0.3) is 5.57 Å². The summed E-state index contributed by atoms with van der Waals surface area (Å²) in [5.74, 6) is -0.304. The number of rotatable bonds is 3. The van der Waals surface area contributed by atoms with Gasteiger partial charge in [-0.05, 0) is 41.7 Å². The van der Waals surface area contributed by atoms with Crippen molar-refractivity contribution in [3.05, 3.63) is 64.7 Å². The molecular weight excluding hydrogens is 290 g/mol. The molecule has 2 atom stereocenters. The highest BCUT2D eigenvalue weighted by atomic mass is 16.3. The van der Waals surface area contributed by atoms with Crippen LogP contribution >= 0.6 is 0 Å². The van der Waals surface area contributed by atoms with E-state index >= 15 is 0 Å². The van der Waals surface area contributed by atoms with Gasteiger partial charge in [-0.2, -0.15) is 0 Å². The van der Waals surface area contributed by atoms with Crippen molar-refractivity contribution >= 4 is 5.57 Å². The molecule has 120 valence electrons. The number of phenolic OH excluding ortho intramolecular Hbond substituents is 2. The molecule has 1 aliphatic rings. The van der Waals surface area contributed by atoms with Crippen molar-refractivity contribution < 1.29 is 15.3 Å². The van der Waals surface area contributed by atoms with E-state index in [-0.39, 0.29) is 24.0 Å². The number of aromatic hydroxyl groups is 2. The summed E-state index contributed by atoms with van der Waals surface area (Å²) in [5, 5.41) is 30.4. The standard InChI is InChI=1S/C19H21NO3/c1-11(21)18-14(12-5-3-2-4-6-12)9-15-13(16(18)10-20)7-8-17(22)19(15)23/h2-8,11,14,21-23H,9-10,20H2,1H3. The molecular formula is C19H21NO3. The highest BCUT2D eigenvalue weighted by Gasteiger charge is 2.32. The van der Waals surface area contributed by atoms with Crippen LogP contribution in [0.15, 0.2) is 48.0 Å². The van der Waals surface area contributed by atoms with E-state index in [0.717, 1.165) is 22.3 Å². The summed E-state index contributed by atoms with van der Waals surface area (Å²) < 4.78 is 0. The number of phenols is 2. The Bertz CT molecular complexity index is 751. The van der Waals surface area contributed by atoms with Crippen LogP contribution in [0.3, 0.4) is 0 Å². The first kappa shape index (κ1) is 15.6. The first-order chi connectivity index (χ1) is 11.0. The first-order valence-corrected chi connectivity index (χ1v) is 7.74. The van der Waals surface area contributed by atoms with Gasteiger partial charge in [-0.25, -0.2) is 0 Å². The monoisotopic (exact) mass is 311 g/mol. The summed E-state index contributed by atoms with van der Waals surface area (Å²) in [7, 11) is 0. The van der Waals surface area contributed by atoms with Crippen LogP contribution in [-0.2, 0) is 6.42 Å². The normalized spacial score (nSPS) is 18.7. The van der Waals surface area contributed by atoms with Crippen LogP contribution < -0.4 is 5.73 Å². The first-order valence-electron chi connectivity index (χ1n) is 7.74. The van der Waals surface area contributed by atoms with Gasteiger partial charge < -0.3 is 21.1 Å². The largest absolute Gasteiger partial charge is 0.504 e. The molecule has 0 bridgehead atoms. The van der Waals surface area contributed by atoms with Crippen molar-refractivity contribution in [1.29, 1.82) is 0 Å². The Balaban J connectivity index is 2.25. The zero-order valence-electron chi connectivity index (χ0n) is 13.0. The van der Waals surface area contributed by atoms with E-state index in [1.165, 1.54) is 6.07 Å². The number of nitrogens with two attached hydrogens (primary N) is 1. The Morgan fingerprint density at radius 2 is 1.83 bits per heavy atom. The lowest BCUT2D eigenvalue weighted by atomic mass is 9.73. The Hall–Kier alpha value is -2.30. The molecule has 5 N–H and O–H groups in total. The van der Waals surface area contributed by atoms with E-state index < -0.39 is 6.10 Å². The third-order valence-corrected chi connectivity index (χ3v) is 4.57. The number of hydrogen-bond donors (Lipinski definition) is 4. The van der Waals surface area contributed by atoms with Crippen molar-refractivity contribution in [3.8, 4) is 11.5 Å². The maximum absolute atomic E-state index is 10.3. The fourth-order valence-corrected chi connectivity index (χ4v) is 3.55. The summed E-state index contributed by atoms with van der Waals surface area (Å²) in [4.78, 5) is 0. The van der Waals surface area contributed by atoms with Crippen LogP contribution in [0, 0.1) is 0 Å². The SMILES string of the molecule is CC(O)C1=C(CN)c2ccc(O)c(O)c2CC1c1ccccc1. The summed E-state index contributed by atoms with van der Waals surface area (Å²) in [6, 6.07) is 13.1. The predicted molar refractivity (Wildman–Crippen MR) is 90.3 cm³/mol. The average molecular weight is 311 g/mol. The number of benzene rings is 2. The Labute approximate surface area is 135 Å². The molecule has 2 aromatic carbocycles. The maximum Gasteiger partial charge on any atom is 0.161 e. The quantitative estimate of drug-likeness (QED) is 0.656. The van der Waals surface area contributed by atoms with Gasteiger partial charge in [0, 0.05) is 18.0 Å². The van der Waals surface area contributed by atoms with E-state index in [4.69, 9.17) is 5.73 Å². The molecule has 1 aliphatic carbocycles. The second-order valence-electron chi connectivity index (χ2n) is 5.94. The van der Waals surface area contributed by atoms with E-state index in [0.29, 0.717) is 12.0 Å². The topological polar surface area (TPSA) is 86.7 Å². The smallest absolute Gasteiger partial charge is 0.161 e. The Morgan fingerprint density at radius 1 is 1.13 bits per heavy atom. The molecule has 4 heteroatoms. The van der Waals surface area contributed by atoms with Crippen molar-refractivity contribution in [3.63, 3.8) is 0 Å². The molecule has 0 aliphatic heterocycles. The number of aliphatic hydroxyl groups is 1. The number of aliphatic hydroxyl groups excluding tert-OH is 1. The summed E-state index contributed by atoms with van der Waals surface area (Å²) in [6.45, 7) is 2.01. The molecule has 0 spiro atoms. The second kappa shape index (κ2) is 6.07. The van der Waals surface area contributed by atoms with Crippen LogP contribution in [0.1, 0.15) is 29.5 Å². The molecule has 0 fully saturated rings. The number of hydrogen-bond acceptors (Lipinski definition) is 4. The lowest BCUT2D eigenvalue weighted by Gasteiger charge is -2.33. The average Bonchev–Trinajstić information content (AvgIpc) is 2.57. The minimum Gasteiger partial charge on any atom is -0.504 e. The minimum absolute atomic E-state index is 0.0741. The van der Waals surface area contributed by atoms with E-state index in [1.807, 2.05) is 30.3 Å². The molecule has 0 radical (unpaired) electrons. The van der Waals surface area contributed by atoms with E-state index in [1.54, 1.807) is 13.0 Å². The van der Waals surface area contributed by atoms with Gasteiger partial charge in [0.15, 0.2) is 11.5 Å². The molecule has 0 amide bonds. The maximum atomic E-state index is 10.3. The lowest BCUT2D eigenvalue weighted by Crippen LogP contribution is -2.25. The van der Waals surface area contributed by atoms with Gasteiger partial charge in [-0.1, -0.05) is 36.4 Å². The van der Waals surface area contributed by atoms with Gasteiger partial charge in [-0.3, -0.25) is 0 Å². The molecule has 3 rings (SSSR count). The third-order valence-electron chi connectivity index (χ3n) is 4.57. The van der Waals surface area contributed by atoms with E-state index in [9.17, 15) is 15.3 Å². The van der Waals surface area contributed by atoms with E-state index in [2.05, 4.69) is 0 Å². The molecule has 23 heavy (non-hydrogen) atoms.